The highest BCUT2D eigenvalue weighted by Crippen LogP contribution is 2.13. The molecule has 1 atom stereocenters. The molecule has 17 heavy (non-hydrogen) atoms. The molecule has 1 unspecified atom stereocenters. The maximum Gasteiger partial charge on any atom is 0.240 e. The van der Waals surface area contributed by atoms with Crippen LogP contribution in [-0.4, -0.2) is 35.2 Å². The Hall–Kier alpha value is -1.11. The summed E-state index contributed by atoms with van der Waals surface area (Å²) in [6, 6.07) is 6.56. The number of anilines is 1. The maximum atomic E-state index is 11.9. The zero-order chi connectivity index (χ0) is 12.9. The molecule has 0 fully saturated rings. The number of methoxy groups -OCH3 is 1. The molecule has 0 heterocycles. The summed E-state index contributed by atoms with van der Waals surface area (Å²) in [5, 5.41) is 2.93. The van der Waals surface area contributed by atoms with Crippen molar-refractivity contribution in [1.82, 2.24) is 4.72 Å². The largest absolute Gasteiger partial charge is 0.388 e. The van der Waals surface area contributed by atoms with Crippen LogP contribution in [0.25, 0.3) is 0 Å². The van der Waals surface area contributed by atoms with Crippen LogP contribution in [0.1, 0.15) is 6.92 Å². The maximum absolute atomic E-state index is 11.9. The van der Waals surface area contributed by atoms with E-state index >= 15 is 0 Å². The van der Waals surface area contributed by atoms with Crippen molar-refractivity contribution in [3.63, 3.8) is 0 Å². The molecule has 0 aliphatic heterocycles. The molecular formula is C11H18N2O3S. The molecule has 0 radical (unpaired) electrons. The van der Waals surface area contributed by atoms with Gasteiger partial charge in [0.25, 0.3) is 0 Å². The second kappa shape index (κ2) is 6.00. The van der Waals surface area contributed by atoms with E-state index in [0.717, 1.165) is 5.69 Å². The molecule has 1 aromatic carbocycles. The summed E-state index contributed by atoms with van der Waals surface area (Å²) < 4.78 is 31.2. The molecule has 0 amide bonds. The second-order valence-corrected chi connectivity index (χ2v) is 5.44. The SMILES string of the molecule is CNc1ccc(S(=O)(=O)NCC(C)OC)cc1. The van der Waals surface area contributed by atoms with Gasteiger partial charge < -0.3 is 10.1 Å². The highest BCUT2D eigenvalue weighted by atomic mass is 32.2. The van der Waals surface area contributed by atoms with Gasteiger partial charge in [0.1, 0.15) is 0 Å². The standard InChI is InChI=1S/C11H18N2O3S/c1-9(16-3)8-13-17(14,15)11-6-4-10(12-2)5-7-11/h4-7,9,12-13H,8H2,1-3H3. The molecule has 0 aromatic heterocycles. The van der Waals surface area contributed by atoms with Crippen molar-refractivity contribution < 1.29 is 13.2 Å². The van der Waals surface area contributed by atoms with E-state index in [1.807, 2.05) is 0 Å². The van der Waals surface area contributed by atoms with Gasteiger partial charge in [-0.3, -0.25) is 0 Å². The fraction of sp³-hybridized carbons (Fsp3) is 0.455. The van der Waals surface area contributed by atoms with Gasteiger partial charge in [0.15, 0.2) is 0 Å². The fourth-order valence-corrected chi connectivity index (χ4v) is 2.31. The van der Waals surface area contributed by atoms with Crippen LogP contribution in [-0.2, 0) is 14.8 Å². The normalized spacial score (nSPS) is 13.4. The molecule has 1 aromatic rings. The summed E-state index contributed by atoms with van der Waals surface area (Å²) >= 11 is 0. The Bertz CT molecular complexity index is 442. The molecule has 1 rings (SSSR count). The highest BCUT2D eigenvalue weighted by molar-refractivity contribution is 7.89. The van der Waals surface area contributed by atoms with Crippen LogP contribution in [0, 0.1) is 0 Å². The minimum absolute atomic E-state index is 0.152. The lowest BCUT2D eigenvalue weighted by molar-refractivity contribution is 0.122. The van der Waals surface area contributed by atoms with Gasteiger partial charge in [0.05, 0.1) is 11.0 Å². The van der Waals surface area contributed by atoms with Crippen molar-refractivity contribution in [2.75, 3.05) is 26.0 Å². The van der Waals surface area contributed by atoms with E-state index in [1.54, 1.807) is 45.3 Å². The first-order chi connectivity index (χ1) is 7.99. The predicted octanol–water partition coefficient (Wildman–Crippen LogP) is 1.04. The van der Waals surface area contributed by atoms with Crippen molar-refractivity contribution >= 4 is 15.7 Å². The molecule has 0 aliphatic rings. The number of hydrogen-bond acceptors (Lipinski definition) is 4. The van der Waals surface area contributed by atoms with E-state index in [2.05, 4.69) is 10.0 Å². The molecule has 5 nitrogen and oxygen atoms in total. The monoisotopic (exact) mass is 258 g/mol. The van der Waals surface area contributed by atoms with E-state index in [-0.39, 0.29) is 17.5 Å². The van der Waals surface area contributed by atoms with Gasteiger partial charge in [0.2, 0.25) is 10.0 Å². The first kappa shape index (κ1) is 14.0. The van der Waals surface area contributed by atoms with Crippen LogP contribution in [0.3, 0.4) is 0 Å². The first-order valence-electron chi connectivity index (χ1n) is 5.30. The van der Waals surface area contributed by atoms with Gasteiger partial charge in [0, 0.05) is 26.4 Å². The molecular weight excluding hydrogens is 240 g/mol. The molecule has 0 saturated carbocycles. The number of nitrogens with one attached hydrogen (secondary N) is 2. The van der Waals surface area contributed by atoms with Crippen molar-refractivity contribution in [2.45, 2.75) is 17.9 Å². The summed E-state index contributed by atoms with van der Waals surface area (Å²) in [6.45, 7) is 2.05. The average Bonchev–Trinajstić information content (AvgIpc) is 2.36. The van der Waals surface area contributed by atoms with Crippen LogP contribution in [0.4, 0.5) is 5.69 Å². The van der Waals surface area contributed by atoms with Crippen molar-refractivity contribution in [1.29, 1.82) is 0 Å². The third-order valence-electron chi connectivity index (χ3n) is 2.42. The van der Waals surface area contributed by atoms with Crippen LogP contribution >= 0.6 is 0 Å². The van der Waals surface area contributed by atoms with Gasteiger partial charge in [-0.2, -0.15) is 0 Å². The smallest absolute Gasteiger partial charge is 0.240 e. The quantitative estimate of drug-likeness (QED) is 0.800. The molecule has 0 saturated heterocycles. The third kappa shape index (κ3) is 3.99. The topological polar surface area (TPSA) is 67.4 Å². The zero-order valence-electron chi connectivity index (χ0n) is 10.2. The molecule has 2 N–H and O–H groups in total. The molecule has 0 aliphatic carbocycles. The van der Waals surface area contributed by atoms with E-state index in [0.29, 0.717) is 0 Å². The first-order valence-corrected chi connectivity index (χ1v) is 6.78. The lowest BCUT2D eigenvalue weighted by Gasteiger charge is -2.11. The van der Waals surface area contributed by atoms with E-state index < -0.39 is 10.0 Å². The molecule has 96 valence electrons. The van der Waals surface area contributed by atoms with Gasteiger partial charge in [-0.1, -0.05) is 0 Å². The van der Waals surface area contributed by atoms with E-state index in [9.17, 15) is 8.42 Å². The van der Waals surface area contributed by atoms with Crippen LogP contribution in [0.5, 0.6) is 0 Å². The Morgan fingerprint density at radius 3 is 2.35 bits per heavy atom. The Morgan fingerprint density at radius 1 is 1.29 bits per heavy atom. The van der Waals surface area contributed by atoms with Crippen LogP contribution < -0.4 is 10.0 Å². The lowest BCUT2D eigenvalue weighted by atomic mass is 10.3. The molecule has 0 spiro atoms. The summed E-state index contributed by atoms with van der Waals surface area (Å²) in [5.74, 6) is 0. The Balaban J connectivity index is 2.75. The summed E-state index contributed by atoms with van der Waals surface area (Å²) in [6.07, 6.45) is -0.152. The highest BCUT2D eigenvalue weighted by Gasteiger charge is 2.14. The average molecular weight is 258 g/mol. The Labute approximate surface area is 102 Å². The van der Waals surface area contributed by atoms with Crippen LogP contribution in [0.15, 0.2) is 29.2 Å². The van der Waals surface area contributed by atoms with Gasteiger partial charge >= 0.3 is 0 Å². The van der Waals surface area contributed by atoms with Crippen LogP contribution in [0.2, 0.25) is 0 Å². The Kier molecular flexibility index (Phi) is 4.92. The van der Waals surface area contributed by atoms with Crippen molar-refractivity contribution in [3.8, 4) is 0 Å². The summed E-state index contributed by atoms with van der Waals surface area (Å²) in [7, 11) is -0.126. The van der Waals surface area contributed by atoms with Crippen molar-refractivity contribution in [3.05, 3.63) is 24.3 Å². The summed E-state index contributed by atoms with van der Waals surface area (Å²) in [4.78, 5) is 0.250. The number of rotatable bonds is 6. The number of ether oxygens (including phenoxy) is 1. The predicted molar refractivity (Wildman–Crippen MR) is 67.6 cm³/mol. The molecule has 6 heteroatoms. The fourth-order valence-electron chi connectivity index (χ4n) is 1.19. The van der Waals surface area contributed by atoms with Gasteiger partial charge in [-0.15, -0.1) is 0 Å². The minimum Gasteiger partial charge on any atom is -0.388 e. The zero-order valence-corrected chi connectivity index (χ0v) is 11.0. The number of sulfonamides is 1. The summed E-state index contributed by atoms with van der Waals surface area (Å²) in [5.41, 5.74) is 0.870. The van der Waals surface area contributed by atoms with Gasteiger partial charge in [-0.05, 0) is 31.2 Å². The lowest BCUT2D eigenvalue weighted by Crippen LogP contribution is -2.31. The molecule has 0 bridgehead atoms. The van der Waals surface area contributed by atoms with Crippen molar-refractivity contribution in [2.24, 2.45) is 0 Å². The van der Waals surface area contributed by atoms with Gasteiger partial charge in [-0.25, -0.2) is 13.1 Å². The number of hydrogen-bond donors (Lipinski definition) is 2. The van der Waals surface area contributed by atoms with E-state index in [1.165, 1.54) is 0 Å². The second-order valence-electron chi connectivity index (χ2n) is 3.67. The number of benzene rings is 1. The Morgan fingerprint density at radius 2 is 1.88 bits per heavy atom. The van der Waals surface area contributed by atoms with E-state index in [4.69, 9.17) is 4.74 Å². The minimum atomic E-state index is -3.45. The third-order valence-corrected chi connectivity index (χ3v) is 3.86.